The third-order valence-corrected chi connectivity index (χ3v) is 4.52. The molecule has 0 saturated carbocycles. The van der Waals surface area contributed by atoms with Crippen LogP contribution in [0.5, 0.6) is 0 Å². The van der Waals surface area contributed by atoms with Crippen molar-refractivity contribution in [1.29, 1.82) is 0 Å². The van der Waals surface area contributed by atoms with Gasteiger partial charge in [-0.25, -0.2) is 0 Å². The van der Waals surface area contributed by atoms with Gasteiger partial charge in [-0.2, -0.15) is 0 Å². The van der Waals surface area contributed by atoms with Gasteiger partial charge in [0.15, 0.2) is 0 Å². The van der Waals surface area contributed by atoms with E-state index in [-0.39, 0.29) is 11.8 Å². The van der Waals surface area contributed by atoms with Crippen LogP contribution < -0.4 is 10.2 Å². The maximum atomic E-state index is 13.2. The van der Waals surface area contributed by atoms with E-state index in [1.807, 2.05) is 48.5 Å². The first-order valence-corrected chi connectivity index (χ1v) is 8.81. The minimum atomic E-state index is -0.547. The van der Waals surface area contributed by atoms with E-state index in [2.05, 4.69) is 19.2 Å². The fourth-order valence-corrected chi connectivity index (χ4v) is 3.11. The fourth-order valence-electron chi connectivity index (χ4n) is 3.11. The summed E-state index contributed by atoms with van der Waals surface area (Å²) in [6, 6.07) is 16.6. The van der Waals surface area contributed by atoms with Crippen molar-refractivity contribution in [2.75, 3.05) is 11.4 Å². The summed E-state index contributed by atoms with van der Waals surface area (Å²) < 4.78 is 0. The Morgan fingerprint density at radius 3 is 2.40 bits per heavy atom. The number of para-hydroxylation sites is 1. The monoisotopic (exact) mass is 336 g/mol. The molecule has 0 bridgehead atoms. The van der Waals surface area contributed by atoms with Crippen molar-refractivity contribution in [3.63, 3.8) is 0 Å². The summed E-state index contributed by atoms with van der Waals surface area (Å²) in [5.41, 5.74) is 2.31. The number of nitrogens with zero attached hydrogens (tertiary/aromatic N) is 1. The Hall–Kier alpha value is -2.62. The highest BCUT2D eigenvalue weighted by molar-refractivity contribution is 6.11. The van der Waals surface area contributed by atoms with Crippen molar-refractivity contribution < 1.29 is 9.59 Å². The van der Waals surface area contributed by atoms with Crippen LogP contribution in [-0.4, -0.2) is 24.4 Å². The first kappa shape index (κ1) is 17.2. The summed E-state index contributed by atoms with van der Waals surface area (Å²) >= 11 is 0. The average molecular weight is 336 g/mol. The van der Waals surface area contributed by atoms with Crippen molar-refractivity contribution in [3.8, 4) is 0 Å². The Kier molecular flexibility index (Phi) is 5.17. The van der Waals surface area contributed by atoms with Crippen LogP contribution in [0.2, 0.25) is 0 Å². The van der Waals surface area contributed by atoms with Crippen molar-refractivity contribution in [3.05, 3.63) is 65.7 Å². The molecule has 2 amide bonds. The van der Waals surface area contributed by atoms with Crippen LogP contribution in [0.25, 0.3) is 0 Å². The first-order chi connectivity index (χ1) is 12.1. The third-order valence-electron chi connectivity index (χ3n) is 4.52. The molecule has 0 spiro atoms. The zero-order chi connectivity index (χ0) is 17.8. The molecule has 1 N–H and O–H groups in total. The lowest BCUT2D eigenvalue weighted by Gasteiger charge is -2.26. The van der Waals surface area contributed by atoms with Crippen LogP contribution in [0, 0.1) is 5.92 Å². The minimum absolute atomic E-state index is 0.0391. The first-order valence-electron chi connectivity index (χ1n) is 8.81. The van der Waals surface area contributed by atoms with E-state index in [9.17, 15) is 9.59 Å². The molecular weight excluding hydrogens is 312 g/mol. The number of nitrogens with one attached hydrogen (secondary N) is 1. The van der Waals surface area contributed by atoms with E-state index >= 15 is 0 Å². The molecule has 1 atom stereocenters. The zero-order valence-electron chi connectivity index (χ0n) is 14.7. The molecule has 4 heteroatoms. The van der Waals surface area contributed by atoms with Crippen molar-refractivity contribution in [1.82, 2.24) is 5.32 Å². The molecule has 0 radical (unpaired) electrons. The highest BCUT2D eigenvalue weighted by atomic mass is 16.2. The highest BCUT2D eigenvalue weighted by Gasteiger charge is 2.33. The predicted molar refractivity (Wildman–Crippen MR) is 99.7 cm³/mol. The maximum Gasteiger partial charge on any atom is 0.254 e. The minimum Gasteiger partial charge on any atom is -0.340 e. The maximum absolute atomic E-state index is 13.2. The second-order valence-corrected chi connectivity index (χ2v) is 6.91. The van der Waals surface area contributed by atoms with Gasteiger partial charge in [0.2, 0.25) is 5.91 Å². The summed E-state index contributed by atoms with van der Waals surface area (Å²) in [5, 5.41) is 2.92. The van der Waals surface area contributed by atoms with Crippen molar-refractivity contribution >= 4 is 17.5 Å². The Morgan fingerprint density at radius 1 is 1.00 bits per heavy atom. The van der Waals surface area contributed by atoms with E-state index < -0.39 is 6.04 Å². The van der Waals surface area contributed by atoms with Crippen LogP contribution >= 0.6 is 0 Å². The second kappa shape index (κ2) is 7.51. The molecular formula is C21H24N2O2. The van der Waals surface area contributed by atoms with E-state index in [1.165, 1.54) is 0 Å². The van der Waals surface area contributed by atoms with Gasteiger partial charge in [-0.05, 0) is 30.0 Å². The van der Waals surface area contributed by atoms with Crippen LogP contribution in [0.3, 0.4) is 0 Å². The van der Waals surface area contributed by atoms with Gasteiger partial charge in [0, 0.05) is 13.0 Å². The lowest BCUT2D eigenvalue weighted by Crippen LogP contribution is -2.47. The molecule has 1 unspecified atom stereocenters. The van der Waals surface area contributed by atoms with Crippen molar-refractivity contribution in [2.24, 2.45) is 5.92 Å². The van der Waals surface area contributed by atoms with Gasteiger partial charge < -0.3 is 10.2 Å². The molecule has 2 aromatic carbocycles. The Balaban J connectivity index is 1.93. The standard InChI is InChI=1S/C21H24N2O2/c1-15(2)12-13-23-19-11-7-6-10-17(19)20(24)22-18(21(23)25)14-16-8-4-3-5-9-16/h3-11,15,18H,12-14H2,1-2H3,(H,22,24). The van der Waals surface area contributed by atoms with Gasteiger partial charge in [0.25, 0.3) is 5.91 Å². The van der Waals surface area contributed by atoms with Gasteiger partial charge in [0.1, 0.15) is 6.04 Å². The molecule has 1 heterocycles. The largest absolute Gasteiger partial charge is 0.340 e. The number of hydrogen-bond donors (Lipinski definition) is 1. The predicted octanol–water partition coefficient (Wildman–Crippen LogP) is 3.42. The Labute approximate surface area is 148 Å². The van der Waals surface area contributed by atoms with Gasteiger partial charge in [-0.15, -0.1) is 0 Å². The molecule has 3 rings (SSSR count). The smallest absolute Gasteiger partial charge is 0.254 e. The van der Waals surface area contributed by atoms with Gasteiger partial charge >= 0.3 is 0 Å². The molecule has 0 aliphatic carbocycles. The fraction of sp³-hybridized carbons (Fsp3) is 0.333. The number of hydrogen-bond acceptors (Lipinski definition) is 2. The number of benzene rings is 2. The molecule has 2 aromatic rings. The number of anilines is 1. The SMILES string of the molecule is CC(C)CCN1C(=O)C(Cc2ccccc2)NC(=O)c2ccccc21. The average Bonchev–Trinajstić information content (AvgIpc) is 2.70. The van der Waals surface area contributed by atoms with E-state index in [0.717, 1.165) is 12.0 Å². The van der Waals surface area contributed by atoms with Crippen LogP contribution in [0.4, 0.5) is 5.69 Å². The lowest BCUT2D eigenvalue weighted by molar-refractivity contribution is -0.120. The van der Waals surface area contributed by atoms with E-state index in [4.69, 9.17) is 0 Å². The molecule has 130 valence electrons. The molecule has 0 fully saturated rings. The summed E-state index contributed by atoms with van der Waals surface area (Å²) in [4.78, 5) is 27.6. The van der Waals surface area contributed by atoms with E-state index in [0.29, 0.717) is 30.1 Å². The van der Waals surface area contributed by atoms with Crippen molar-refractivity contribution in [2.45, 2.75) is 32.7 Å². The third kappa shape index (κ3) is 3.90. The number of fused-ring (bicyclic) bond motifs is 1. The summed E-state index contributed by atoms with van der Waals surface area (Å²) in [7, 11) is 0. The van der Waals surface area contributed by atoms with Crippen LogP contribution in [-0.2, 0) is 11.2 Å². The number of rotatable bonds is 5. The number of carbonyl (C=O) groups excluding carboxylic acids is 2. The molecule has 1 aliphatic rings. The lowest BCUT2D eigenvalue weighted by atomic mass is 10.0. The molecule has 25 heavy (non-hydrogen) atoms. The molecule has 1 aliphatic heterocycles. The quantitative estimate of drug-likeness (QED) is 0.909. The zero-order valence-corrected chi connectivity index (χ0v) is 14.7. The number of carbonyl (C=O) groups is 2. The highest BCUT2D eigenvalue weighted by Crippen LogP contribution is 2.26. The van der Waals surface area contributed by atoms with Crippen LogP contribution in [0.1, 0.15) is 36.2 Å². The van der Waals surface area contributed by atoms with Gasteiger partial charge in [-0.1, -0.05) is 56.3 Å². The normalized spacial score (nSPS) is 17.2. The summed E-state index contributed by atoms with van der Waals surface area (Å²) in [6.07, 6.45) is 1.39. The Morgan fingerprint density at radius 2 is 1.68 bits per heavy atom. The molecule has 0 aromatic heterocycles. The Bertz CT molecular complexity index is 756. The van der Waals surface area contributed by atoms with Crippen LogP contribution in [0.15, 0.2) is 54.6 Å². The second-order valence-electron chi connectivity index (χ2n) is 6.91. The summed E-state index contributed by atoms with van der Waals surface area (Å²) in [6.45, 7) is 4.89. The topological polar surface area (TPSA) is 49.4 Å². The summed E-state index contributed by atoms with van der Waals surface area (Å²) in [5.74, 6) is 0.263. The number of amides is 2. The van der Waals surface area contributed by atoms with Gasteiger partial charge in [0.05, 0.1) is 11.3 Å². The van der Waals surface area contributed by atoms with Gasteiger partial charge in [-0.3, -0.25) is 9.59 Å². The molecule has 4 nitrogen and oxygen atoms in total. The molecule has 0 saturated heterocycles. The van der Waals surface area contributed by atoms with E-state index in [1.54, 1.807) is 11.0 Å².